The van der Waals surface area contributed by atoms with Crippen molar-refractivity contribution in [1.29, 1.82) is 0 Å². The second-order valence-corrected chi connectivity index (χ2v) is 8.48. The molecule has 4 aromatic rings. The quantitative estimate of drug-likeness (QED) is 0.307. The summed E-state index contributed by atoms with van der Waals surface area (Å²) >= 11 is 12.6. The molecule has 154 valence electrons. The maximum atomic E-state index is 13.1. The summed E-state index contributed by atoms with van der Waals surface area (Å²) in [7, 11) is 0. The van der Waals surface area contributed by atoms with Crippen molar-refractivity contribution in [1.82, 2.24) is 4.98 Å². The van der Waals surface area contributed by atoms with Crippen molar-refractivity contribution < 1.29 is 9.53 Å². The number of nitrogens with zero attached hydrogens (tertiary/aromatic N) is 1. The van der Waals surface area contributed by atoms with Crippen LogP contribution in [0.3, 0.4) is 0 Å². The van der Waals surface area contributed by atoms with Gasteiger partial charge in [0.25, 0.3) is 0 Å². The smallest absolute Gasteiger partial charge is 0.163 e. The summed E-state index contributed by atoms with van der Waals surface area (Å²) in [5, 5.41) is 2.84. The van der Waals surface area contributed by atoms with Crippen LogP contribution in [0, 0.1) is 0 Å². The average molecular weight is 448 g/mol. The van der Waals surface area contributed by atoms with Crippen LogP contribution >= 0.6 is 23.2 Å². The van der Waals surface area contributed by atoms with Gasteiger partial charge in [-0.3, -0.25) is 9.78 Å². The van der Waals surface area contributed by atoms with E-state index < -0.39 is 0 Å². The van der Waals surface area contributed by atoms with Gasteiger partial charge in [-0.1, -0.05) is 65.7 Å². The fraction of sp³-hybridized carbons (Fsp3) is 0.154. The Morgan fingerprint density at radius 1 is 1.03 bits per heavy atom. The Kier molecular flexibility index (Phi) is 5.39. The van der Waals surface area contributed by atoms with Crippen LogP contribution in [0.5, 0.6) is 5.75 Å². The molecule has 0 N–H and O–H groups in total. The summed E-state index contributed by atoms with van der Waals surface area (Å²) in [4.78, 5) is 17.7. The van der Waals surface area contributed by atoms with E-state index in [2.05, 4.69) is 11.1 Å². The lowest BCUT2D eigenvalue weighted by Gasteiger charge is -2.25. The second kappa shape index (κ2) is 8.33. The molecule has 1 aliphatic heterocycles. The number of benzene rings is 3. The van der Waals surface area contributed by atoms with Crippen LogP contribution in [0.25, 0.3) is 22.0 Å². The maximum absolute atomic E-state index is 13.1. The number of ether oxygens (including phenoxy) is 1. The van der Waals surface area contributed by atoms with Gasteiger partial charge in [0.1, 0.15) is 5.75 Å². The molecule has 3 nitrogen and oxygen atoms in total. The van der Waals surface area contributed by atoms with Crippen LogP contribution in [0.4, 0.5) is 0 Å². The third kappa shape index (κ3) is 3.80. The van der Waals surface area contributed by atoms with Gasteiger partial charge in [-0.25, -0.2) is 0 Å². The molecule has 0 saturated carbocycles. The molecule has 0 unspecified atom stereocenters. The Labute approximate surface area is 190 Å². The second-order valence-electron chi connectivity index (χ2n) is 7.70. The number of fused-ring (bicyclic) bond motifs is 2. The van der Waals surface area contributed by atoms with Crippen LogP contribution in [0.1, 0.15) is 34.7 Å². The first kappa shape index (κ1) is 20.0. The minimum Gasteiger partial charge on any atom is -0.493 e. The Morgan fingerprint density at radius 2 is 1.90 bits per heavy atom. The fourth-order valence-electron chi connectivity index (χ4n) is 4.22. The number of carbonyl (C=O) groups excluding carboxylic acids is 1. The Hall–Kier alpha value is -2.88. The van der Waals surface area contributed by atoms with E-state index in [0.29, 0.717) is 28.6 Å². The van der Waals surface area contributed by atoms with Gasteiger partial charge in [0.2, 0.25) is 0 Å². The van der Waals surface area contributed by atoms with Gasteiger partial charge in [0.05, 0.1) is 22.3 Å². The summed E-state index contributed by atoms with van der Waals surface area (Å²) in [5.74, 6) is 1.19. The van der Waals surface area contributed by atoms with Crippen molar-refractivity contribution in [3.8, 4) is 17.0 Å². The van der Waals surface area contributed by atoms with Crippen molar-refractivity contribution in [2.24, 2.45) is 0 Å². The Bertz CT molecular complexity index is 1300. The Morgan fingerprint density at radius 3 is 2.81 bits per heavy atom. The first-order valence-corrected chi connectivity index (χ1v) is 11.0. The highest BCUT2D eigenvalue weighted by Gasteiger charge is 2.24. The van der Waals surface area contributed by atoms with Gasteiger partial charge in [0, 0.05) is 29.1 Å². The normalized spacial score (nSPS) is 15.4. The molecule has 0 saturated heterocycles. The number of pyridine rings is 1. The van der Waals surface area contributed by atoms with Gasteiger partial charge in [0.15, 0.2) is 5.78 Å². The number of para-hydroxylation sites is 1. The van der Waals surface area contributed by atoms with Crippen LogP contribution < -0.4 is 4.74 Å². The molecule has 0 amide bonds. The minimum absolute atomic E-state index is 0.128. The number of hydrogen-bond donors (Lipinski definition) is 0. The molecule has 0 bridgehead atoms. The summed E-state index contributed by atoms with van der Waals surface area (Å²) in [6.45, 7) is 0.641. The van der Waals surface area contributed by atoms with Crippen molar-refractivity contribution in [2.45, 2.75) is 18.8 Å². The number of hydrogen-bond acceptors (Lipinski definition) is 3. The highest BCUT2D eigenvalue weighted by Crippen LogP contribution is 2.38. The van der Waals surface area contributed by atoms with Gasteiger partial charge in [-0.2, -0.15) is 0 Å². The maximum Gasteiger partial charge on any atom is 0.163 e. The fourth-order valence-corrected chi connectivity index (χ4v) is 4.61. The van der Waals surface area contributed by atoms with Crippen LogP contribution in [-0.4, -0.2) is 17.4 Å². The molecule has 5 rings (SSSR count). The molecule has 3 aromatic carbocycles. The zero-order valence-electron chi connectivity index (χ0n) is 16.6. The van der Waals surface area contributed by atoms with Gasteiger partial charge in [-0.05, 0) is 47.6 Å². The van der Waals surface area contributed by atoms with Crippen molar-refractivity contribution in [2.75, 3.05) is 6.61 Å². The zero-order chi connectivity index (χ0) is 21.4. The zero-order valence-corrected chi connectivity index (χ0v) is 18.2. The number of ketones is 1. The van der Waals surface area contributed by atoms with E-state index in [-0.39, 0.29) is 11.7 Å². The van der Waals surface area contributed by atoms with E-state index in [1.165, 1.54) is 0 Å². The molecule has 1 aliphatic rings. The lowest BCUT2D eigenvalue weighted by atomic mass is 9.87. The SMILES string of the molecule is O=C(C[C@H]1CCOc2ccccc21)c1ccc2c(-c3cccc(Cl)c3Cl)nccc2c1. The first-order chi connectivity index (χ1) is 15.1. The number of carbonyl (C=O) groups is 1. The van der Waals surface area contributed by atoms with Crippen LogP contribution in [0.2, 0.25) is 10.0 Å². The third-order valence-corrected chi connectivity index (χ3v) is 6.63. The predicted octanol–water partition coefficient (Wildman–Crippen LogP) is 7.35. The highest BCUT2D eigenvalue weighted by molar-refractivity contribution is 6.43. The summed E-state index contributed by atoms with van der Waals surface area (Å²) in [5.41, 5.74) is 3.34. The summed E-state index contributed by atoms with van der Waals surface area (Å²) in [6.07, 6.45) is 3.04. The molecule has 2 heterocycles. The molecule has 31 heavy (non-hydrogen) atoms. The molecular weight excluding hydrogens is 429 g/mol. The van der Waals surface area contributed by atoms with Gasteiger partial charge < -0.3 is 4.74 Å². The predicted molar refractivity (Wildman–Crippen MR) is 125 cm³/mol. The molecule has 1 aromatic heterocycles. The molecule has 0 radical (unpaired) electrons. The monoisotopic (exact) mass is 447 g/mol. The summed E-state index contributed by atoms with van der Waals surface area (Å²) < 4.78 is 5.73. The van der Waals surface area contributed by atoms with Crippen LogP contribution in [0.15, 0.2) is 72.9 Å². The van der Waals surface area contributed by atoms with E-state index in [4.69, 9.17) is 27.9 Å². The lowest BCUT2D eigenvalue weighted by molar-refractivity contribution is 0.0966. The van der Waals surface area contributed by atoms with Crippen LogP contribution in [-0.2, 0) is 0 Å². The molecule has 5 heteroatoms. The number of Topliss-reactive ketones (excluding diaryl/α,β-unsaturated/α-hetero) is 1. The first-order valence-electron chi connectivity index (χ1n) is 10.2. The van der Waals surface area contributed by atoms with Gasteiger partial charge >= 0.3 is 0 Å². The third-order valence-electron chi connectivity index (χ3n) is 5.81. The standard InChI is InChI=1S/C26H19Cl2NO2/c27-22-6-3-5-21(25(22)28)26-20-9-8-18(14-16(20)10-12-29-26)23(30)15-17-11-13-31-24-7-2-1-4-19(17)24/h1-10,12,14,17H,11,13,15H2/t17-/m1/s1. The number of aromatic nitrogens is 1. The molecule has 1 atom stereocenters. The topological polar surface area (TPSA) is 39.2 Å². The number of halogens is 2. The van der Waals surface area contributed by atoms with E-state index in [0.717, 1.165) is 39.8 Å². The van der Waals surface area contributed by atoms with E-state index >= 15 is 0 Å². The van der Waals surface area contributed by atoms with Crippen molar-refractivity contribution >= 4 is 39.8 Å². The number of rotatable bonds is 4. The average Bonchev–Trinajstić information content (AvgIpc) is 2.80. The summed E-state index contributed by atoms with van der Waals surface area (Å²) in [6, 6.07) is 21.2. The van der Waals surface area contributed by atoms with E-state index in [1.54, 1.807) is 12.3 Å². The largest absolute Gasteiger partial charge is 0.493 e. The highest BCUT2D eigenvalue weighted by atomic mass is 35.5. The van der Waals surface area contributed by atoms with E-state index in [1.807, 2.05) is 54.6 Å². The molecular formula is C26H19Cl2NO2. The van der Waals surface area contributed by atoms with Crippen molar-refractivity contribution in [3.05, 3.63) is 94.1 Å². The molecule has 0 spiro atoms. The lowest BCUT2D eigenvalue weighted by Crippen LogP contribution is -2.17. The van der Waals surface area contributed by atoms with Gasteiger partial charge in [-0.15, -0.1) is 0 Å². The molecule has 0 fully saturated rings. The van der Waals surface area contributed by atoms with Crippen molar-refractivity contribution in [3.63, 3.8) is 0 Å². The van der Waals surface area contributed by atoms with E-state index in [9.17, 15) is 4.79 Å². The minimum atomic E-state index is 0.128. The molecule has 0 aliphatic carbocycles. The Balaban J connectivity index is 1.47.